The minimum atomic E-state index is 0.389. The maximum absolute atomic E-state index is 5.63. The van der Waals surface area contributed by atoms with Gasteiger partial charge in [-0.3, -0.25) is 5.01 Å². The van der Waals surface area contributed by atoms with E-state index in [0.29, 0.717) is 11.7 Å². The van der Waals surface area contributed by atoms with Gasteiger partial charge in [-0.1, -0.05) is 29.8 Å². The molecule has 3 nitrogen and oxygen atoms in total. The van der Waals surface area contributed by atoms with Crippen LogP contribution in [0.3, 0.4) is 0 Å². The first kappa shape index (κ1) is 11.9. The van der Waals surface area contributed by atoms with E-state index in [-0.39, 0.29) is 0 Å². The Hall–Kier alpha value is -1.13. The predicted octanol–water partition coefficient (Wildman–Crippen LogP) is 1.52. The molecule has 0 saturated carbocycles. The molecule has 1 aromatic rings. The molecule has 1 rings (SSSR count). The van der Waals surface area contributed by atoms with Crippen LogP contribution in [-0.2, 0) is 6.54 Å². The lowest BCUT2D eigenvalue weighted by atomic mass is 10.1. The van der Waals surface area contributed by atoms with Crippen LogP contribution in [-0.4, -0.2) is 29.2 Å². The molecule has 0 amide bonds. The van der Waals surface area contributed by atoms with Gasteiger partial charge in [0.05, 0.1) is 6.54 Å². The van der Waals surface area contributed by atoms with Crippen LogP contribution in [0.15, 0.2) is 24.3 Å². The minimum absolute atomic E-state index is 0.389. The summed E-state index contributed by atoms with van der Waals surface area (Å²) in [6.45, 7) is 2.78. The standard InChI is InChI=1S/C11H17N3S/c1-9-4-6-10(7-5-9)8-14(11(12)15)13(2)3/h4-7H,8H2,1-3H3,(H2,12,15). The van der Waals surface area contributed by atoms with Gasteiger partial charge < -0.3 is 5.73 Å². The second-order valence-corrected chi connectivity index (χ2v) is 4.15. The van der Waals surface area contributed by atoms with Crippen LogP contribution in [0.2, 0.25) is 0 Å². The molecule has 0 aliphatic heterocycles. The highest BCUT2D eigenvalue weighted by Crippen LogP contribution is 2.07. The van der Waals surface area contributed by atoms with E-state index in [1.165, 1.54) is 11.1 Å². The van der Waals surface area contributed by atoms with Crippen LogP contribution >= 0.6 is 12.2 Å². The molecule has 0 spiro atoms. The van der Waals surface area contributed by atoms with Crippen molar-refractivity contribution in [1.82, 2.24) is 10.0 Å². The smallest absolute Gasteiger partial charge is 0.181 e. The van der Waals surface area contributed by atoms with Crippen molar-refractivity contribution in [2.24, 2.45) is 5.73 Å². The van der Waals surface area contributed by atoms with Gasteiger partial charge in [0.25, 0.3) is 0 Å². The second kappa shape index (κ2) is 5.09. The zero-order chi connectivity index (χ0) is 11.4. The maximum Gasteiger partial charge on any atom is 0.181 e. The van der Waals surface area contributed by atoms with Gasteiger partial charge >= 0.3 is 0 Å². The number of hydrogen-bond acceptors (Lipinski definition) is 2. The van der Waals surface area contributed by atoms with E-state index in [2.05, 4.69) is 31.2 Å². The van der Waals surface area contributed by atoms with Crippen molar-refractivity contribution in [1.29, 1.82) is 0 Å². The van der Waals surface area contributed by atoms with Gasteiger partial charge in [0.2, 0.25) is 0 Å². The molecule has 82 valence electrons. The Bertz CT molecular complexity index is 332. The Balaban J connectivity index is 2.74. The number of nitrogens with two attached hydrogens (primary N) is 1. The monoisotopic (exact) mass is 223 g/mol. The fraction of sp³-hybridized carbons (Fsp3) is 0.364. The van der Waals surface area contributed by atoms with E-state index < -0.39 is 0 Å². The lowest BCUT2D eigenvalue weighted by Gasteiger charge is -2.29. The maximum atomic E-state index is 5.63. The zero-order valence-electron chi connectivity index (χ0n) is 9.40. The number of hydrazine groups is 1. The Morgan fingerprint density at radius 2 is 1.80 bits per heavy atom. The molecule has 0 heterocycles. The summed E-state index contributed by atoms with van der Waals surface area (Å²) in [5.74, 6) is 0. The molecule has 0 radical (unpaired) electrons. The number of benzene rings is 1. The molecule has 0 saturated heterocycles. The summed E-state index contributed by atoms with van der Waals surface area (Å²) in [7, 11) is 3.85. The van der Waals surface area contributed by atoms with Crippen LogP contribution in [0.25, 0.3) is 0 Å². The van der Waals surface area contributed by atoms with Crippen LogP contribution in [0.1, 0.15) is 11.1 Å². The van der Waals surface area contributed by atoms with Crippen molar-refractivity contribution in [2.45, 2.75) is 13.5 Å². The van der Waals surface area contributed by atoms with Gasteiger partial charge in [0.1, 0.15) is 0 Å². The summed E-state index contributed by atoms with van der Waals surface area (Å²) in [5.41, 5.74) is 8.08. The Labute approximate surface area is 96.4 Å². The molecule has 15 heavy (non-hydrogen) atoms. The number of aryl methyl sites for hydroxylation is 1. The van der Waals surface area contributed by atoms with Gasteiger partial charge in [-0.25, -0.2) is 5.01 Å². The Kier molecular flexibility index (Phi) is 4.05. The van der Waals surface area contributed by atoms with Crippen molar-refractivity contribution < 1.29 is 0 Å². The van der Waals surface area contributed by atoms with Crippen LogP contribution in [0, 0.1) is 6.92 Å². The fourth-order valence-electron chi connectivity index (χ4n) is 1.28. The summed E-state index contributed by atoms with van der Waals surface area (Å²) >= 11 is 4.98. The van der Waals surface area contributed by atoms with Crippen molar-refractivity contribution in [2.75, 3.05) is 14.1 Å². The summed E-state index contributed by atoms with van der Waals surface area (Å²) in [4.78, 5) is 0. The van der Waals surface area contributed by atoms with Crippen molar-refractivity contribution in [3.05, 3.63) is 35.4 Å². The second-order valence-electron chi connectivity index (χ2n) is 3.73. The molecule has 0 fully saturated rings. The van der Waals surface area contributed by atoms with E-state index in [1.54, 1.807) is 0 Å². The number of nitrogens with zero attached hydrogens (tertiary/aromatic N) is 2. The topological polar surface area (TPSA) is 32.5 Å². The van der Waals surface area contributed by atoms with E-state index in [4.69, 9.17) is 18.0 Å². The predicted molar refractivity (Wildman–Crippen MR) is 67.2 cm³/mol. The first-order valence-corrected chi connectivity index (χ1v) is 5.21. The molecule has 4 heteroatoms. The molecule has 0 aliphatic rings. The number of rotatable bonds is 3. The largest absolute Gasteiger partial charge is 0.375 e. The van der Waals surface area contributed by atoms with E-state index in [0.717, 1.165) is 0 Å². The lowest BCUT2D eigenvalue weighted by Crippen LogP contribution is -2.44. The normalized spacial score (nSPS) is 10.4. The molecular weight excluding hydrogens is 206 g/mol. The van der Waals surface area contributed by atoms with Crippen LogP contribution < -0.4 is 5.73 Å². The number of hydrogen-bond donors (Lipinski definition) is 1. The van der Waals surface area contributed by atoms with Gasteiger partial charge in [0, 0.05) is 14.1 Å². The summed E-state index contributed by atoms with van der Waals surface area (Å²) in [5, 5.41) is 4.13. The third-order valence-electron chi connectivity index (χ3n) is 2.19. The van der Waals surface area contributed by atoms with Gasteiger partial charge in [-0.15, -0.1) is 0 Å². The SMILES string of the molecule is Cc1ccc(CN(C(N)=S)N(C)C)cc1. The van der Waals surface area contributed by atoms with Crippen molar-refractivity contribution in [3.63, 3.8) is 0 Å². The molecule has 0 aromatic heterocycles. The highest BCUT2D eigenvalue weighted by atomic mass is 32.1. The van der Waals surface area contributed by atoms with E-state index in [9.17, 15) is 0 Å². The van der Waals surface area contributed by atoms with Crippen LogP contribution in [0.4, 0.5) is 0 Å². The third kappa shape index (κ3) is 3.49. The quantitative estimate of drug-likeness (QED) is 0.622. The molecule has 0 aliphatic carbocycles. The molecule has 0 unspecified atom stereocenters. The first-order chi connectivity index (χ1) is 7.00. The highest BCUT2D eigenvalue weighted by molar-refractivity contribution is 7.80. The molecule has 0 atom stereocenters. The van der Waals surface area contributed by atoms with E-state index in [1.807, 2.05) is 24.1 Å². The van der Waals surface area contributed by atoms with Crippen molar-refractivity contribution >= 4 is 17.3 Å². The summed E-state index contributed by atoms with van der Waals surface area (Å²) in [6.07, 6.45) is 0. The zero-order valence-corrected chi connectivity index (χ0v) is 10.2. The van der Waals surface area contributed by atoms with Crippen LogP contribution in [0.5, 0.6) is 0 Å². The third-order valence-corrected chi connectivity index (χ3v) is 2.40. The molecule has 2 N–H and O–H groups in total. The summed E-state index contributed by atoms with van der Waals surface area (Å²) in [6, 6.07) is 8.35. The van der Waals surface area contributed by atoms with E-state index >= 15 is 0 Å². The van der Waals surface area contributed by atoms with Gasteiger partial charge in [-0.05, 0) is 24.7 Å². The average Bonchev–Trinajstić information content (AvgIpc) is 2.15. The average molecular weight is 223 g/mol. The Morgan fingerprint density at radius 3 is 2.20 bits per heavy atom. The highest BCUT2D eigenvalue weighted by Gasteiger charge is 2.08. The fourth-order valence-corrected chi connectivity index (χ4v) is 1.51. The molecule has 0 bridgehead atoms. The van der Waals surface area contributed by atoms with Gasteiger partial charge in [-0.2, -0.15) is 0 Å². The molecule has 1 aromatic carbocycles. The Morgan fingerprint density at radius 1 is 1.27 bits per heavy atom. The van der Waals surface area contributed by atoms with Gasteiger partial charge in [0.15, 0.2) is 5.11 Å². The van der Waals surface area contributed by atoms with Crippen molar-refractivity contribution in [3.8, 4) is 0 Å². The summed E-state index contributed by atoms with van der Waals surface area (Å²) < 4.78 is 0. The number of thiocarbonyl (C=S) groups is 1. The molecular formula is C11H17N3S. The lowest BCUT2D eigenvalue weighted by molar-refractivity contribution is 0.104. The minimum Gasteiger partial charge on any atom is -0.375 e. The first-order valence-electron chi connectivity index (χ1n) is 4.80.